The smallest absolute Gasteiger partial charge is 0.0741 e. The van der Waals surface area contributed by atoms with Crippen molar-refractivity contribution in [2.75, 3.05) is 26.7 Å². The molecule has 1 aromatic carbocycles. The normalized spacial score (nSPS) is 14.7. The van der Waals surface area contributed by atoms with Gasteiger partial charge in [0.05, 0.1) is 5.60 Å². The van der Waals surface area contributed by atoms with Crippen LogP contribution in [0.5, 0.6) is 0 Å². The van der Waals surface area contributed by atoms with Gasteiger partial charge in [0.2, 0.25) is 0 Å². The quantitative estimate of drug-likeness (QED) is 0.737. The van der Waals surface area contributed by atoms with E-state index in [0.29, 0.717) is 6.54 Å². The molecule has 102 valence electrons. The van der Waals surface area contributed by atoms with Crippen LogP contribution in [0.2, 0.25) is 0 Å². The third kappa shape index (κ3) is 6.15. The van der Waals surface area contributed by atoms with Crippen molar-refractivity contribution in [3.8, 4) is 0 Å². The molecule has 0 aliphatic rings. The molecular formula is C15H26N2O. The molecule has 0 amide bonds. The first-order valence-electron chi connectivity index (χ1n) is 6.68. The standard InChI is InChI=1S/C15H26N2O/c1-15(18,13-16)10-6-11-17(2)12-9-14-7-4-3-5-8-14/h3-5,7-8,18H,6,9-13,16H2,1-2H3. The van der Waals surface area contributed by atoms with Gasteiger partial charge in [-0.25, -0.2) is 0 Å². The van der Waals surface area contributed by atoms with Crippen LogP contribution in [0.25, 0.3) is 0 Å². The topological polar surface area (TPSA) is 49.5 Å². The van der Waals surface area contributed by atoms with E-state index in [9.17, 15) is 5.11 Å². The molecule has 1 rings (SSSR count). The summed E-state index contributed by atoms with van der Waals surface area (Å²) < 4.78 is 0. The molecule has 3 heteroatoms. The van der Waals surface area contributed by atoms with Crippen LogP contribution < -0.4 is 5.73 Å². The van der Waals surface area contributed by atoms with Gasteiger partial charge in [-0.2, -0.15) is 0 Å². The maximum absolute atomic E-state index is 9.80. The van der Waals surface area contributed by atoms with Gasteiger partial charge in [-0.3, -0.25) is 0 Å². The second-order valence-electron chi connectivity index (χ2n) is 5.34. The fourth-order valence-corrected chi connectivity index (χ4v) is 1.91. The first kappa shape index (κ1) is 15.2. The highest BCUT2D eigenvalue weighted by Gasteiger charge is 2.17. The van der Waals surface area contributed by atoms with Crippen molar-refractivity contribution in [3.05, 3.63) is 35.9 Å². The van der Waals surface area contributed by atoms with Crippen LogP contribution >= 0.6 is 0 Å². The fraction of sp³-hybridized carbons (Fsp3) is 0.600. The van der Waals surface area contributed by atoms with Gasteiger partial charge in [0.1, 0.15) is 0 Å². The van der Waals surface area contributed by atoms with Gasteiger partial charge >= 0.3 is 0 Å². The summed E-state index contributed by atoms with van der Waals surface area (Å²) >= 11 is 0. The zero-order chi connectivity index (χ0) is 13.4. The average Bonchev–Trinajstić information content (AvgIpc) is 2.37. The van der Waals surface area contributed by atoms with Gasteiger partial charge in [0.25, 0.3) is 0 Å². The molecule has 0 saturated heterocycles. The number of likely N-dealkylation sites (N-methyl/N-ethyl adjacent to an activating group) is 1. The summed E-state index contributed by atoms with van der Waals surface area (Å²) in [6.07, 6.45) is 2.82. The van der Waals surface area contributed by atoms with Crippen LogP contribution in [0.4, 0.5) is 0 Å². The van der Waals surface area contributed by atoms with Crippen LogP contribution in [0, 0.1) is 0 Å². The lowest BCUT2D eigenvalue weighted by molar-refractivity contribution is 0.0553. The van der Waals surface area contributed by atoms with E-state index < -0.39 is 5.60 Å². The molecule has 1 unspecified atom stereocenters. The highest BCUT2D eigenvalue weighted by atomic mass is 16.3. The van der Waals surface area contributed by atoms with Gasteiger partial charge in [0.15, 0.2) is 0 Å². The summed E-state index contributed by atoms with van der Waals surface area (Å²) in [5.74, 6) is 0. The fourth-order valence-electron chi connectivity index (χ4n) is 1.91. The molecule has 3 N–H and O–H groups in total. The summed E-state index contributed by atoms with van der Waals surface area (Å²) in [6.45, 7) is 4.19. The number of aliphatic hydroxyl groups is 1. The predicted molar refractivity (Wildman–Crippen MR) is 76.6 cm³/mol. The summed E-state index contributed by atoms with van der Waals surface area (Å²) in [6, 6.07) is 10.5. The number of nitrogens with two attached hydrogens (primary N) is 1. The molecule has 0 heterocycles. The molecule has 0 aliphatic carbocycles. The minimum atomic E-state index is -0.708. The highest BCUT2D eigenvalue weighted by molar-refractivity contribution is 5.14. The van der Waals surface area contributed by atoms with E-state index in [4.69, 9.17) is 5.73 Å². The van der Waals surface area contributed by atoms with E-state index in [1.807, 2.05) is 6.07 Å². The van der Waals surface area contributed by atoms with Crippen LogP contribution in [0.3, 0.4) is 0 Å². The minimum Gasteiger partial charge on any atom is -0.389 e. The van der Waals surface area contributed by atoms with Gasteiger partial charge < -0.3 is 15.7 Å². The molecule has 1 atom stereocenters. The van der Waals surface area contributed by atoms with Gasteiger partial charge in [-0.1, -0.05) is 30.3 Å². The molecule has 18 heavy (non-hydrogen) atoms. The Bertz CT molecular complexity index is 325. The summed E-state index contributed by atoms with van der Waals surface area (Å²) in [5, 5.41) is 9.80. The molecule has 1 aromatic rings. The van der Waals surface area contributed by atoms with Gasteiger partial charge in [-0.15, -0.1) is 0 Å². The first-order chi connectivity index (χ1) is 8.53. The Hall–Kier alpha value is -0.900. The van der Waals surface area contributed by atoms with E-state index in [1.54, 1.807) is 6.92 Å². The van der Waals surface area contributed by atoms with Gasteiger partial charge in [-0.05, 0) is 45.3 Å². The zero-order valence-corrected chi connectivity index (χ0v) is 11.6. The molecule has 0 aliphatic heterocycles. The third-order valence-electron chi connectivity index (χ3n) is 3.32. The molecule has 0 bridgehead atoms. The Labute approximate surface area is 111 Å². The minimum absolute atomic E-state index is 0.334. The van der Waals surface area contributed by atoms with Crippen LogP contribution in [0.15, 0.2) is 30.3 Å². The third-order valence-corrected chi connectivity index (χ3v) is 3.32. The lowest BCUT2D eigenvalue weighted by Crippen LogP contribution is -2.35. The Morgan fingerprint density at radius 1 is 1.22 bits per heavy atom. The maximum Gasteiger partial charge on any atom is 0.0741 e. The Kier molecular flexibility index (Phi) is 6.33. The molecule has 0 radical (unpaired) electrons. The lowest BCUT2D eigenvalue weighted by Gasteiger charge is -2.23. The van der Waals surface area contributed by atoms with E-state index in [1.165, 1.54) is 5.56 Å². The van der Waals surface area contributed by atoms with Crippen molar-refractivity contribution in [1.82, 2.24) is 4.90 Å². The highest BCUT2D eigenvalue weighted by Crippen LogP contribution is 2.10. The second-order valence-corrected chi connectivity index (χ2v) is 5.34. The number of hydrogen-bond acceptors (Lipinski definition) is 3. The molecule has 0 aromatic heterocycles. The van der Waals surface area contributed by atoms with Gasteiger partial charge in [0, 0.05) is 13.1 Å². The molecule has 0 spiro atoms. The molecular weight excluding hydrogens is 224 g/mol. The summed E-state index contributed by atoms with van der Waals surface area (Å²) in [4.78, 5) is 2.31. The SMILES string of the molecule is CN(CCCC(C)(O)CN)CCc1ccccc1. The zero-order valence-electron chi connectivity index (χ0n) is 11.6. The number of rotatable bonds is 8. The van der Waals surface area contributed by atoms with Crippen molar-refractivity contribution in [1.29, 1.82) is 0 Å². The first-order valence-corrected chi connectivity index (χ1v) is 6.68. The van der Waals surface area contributed by atoms with Crippen molar-refractivity contribution < 1.29 is 5.11 Å². The maximum atomic E-state index is 9.80. The average molecular weight is 250 g/mol. The van der Waals surface area contributed by atoms with E-state index in [0.717, 1.165) is 32.4 Å². The predicted octanol–water partition coefficient (Wildman–Crippen LogP) is 1.65. The van der Waals surface area contributed by atoms with Crippen LogP contribution in [-0.4, -0.2) is 42.3 Å². The molecule has 0 saturated carbocycles. The molecule has 0 fully saturated rings. The van der Waals surface area contributed by atoms with E-state index >= 15 is 0 Å². The Morgan fingerprint density at radius 2 is 1.89 bits per heavy atom. The van der Waals surface area contributed by atoms with Crippen molar-refractivity contribution in [2.24, 2.45) is 5.73 Å². The largest absolute Gasteiger partial charge is 0.389 e. The van der Waals surface area contributed by atoms with E-state index in [-0.39, 0.29) is 0 Å². The summed E-state index contributed by atoms with van der Waals surface area (Å²) in [7, 11) is 2.13. The molecule has 3 nitrogen and oxygen atoms in total. The number of benzene rings is 1. The number of nitrogens with zero attached hydrogens (tertiary/aromatic N) is 1. The van der Waals surface area contributed by atoms with E-state index in [2.05, 4.69) is 36.2 Å². The monoisotopic (exact) mass is 250 g/mol. The number of hydrogen-bond donors (Lipinski definition) is 2. The Morgan fingerprint density at radius 3 is 2.50 bits per heavy atom. The second kappa shape index (κ2) is 7.52. The lowest BCUT2D eigenvalue weighted by atomic mass is 10.0. The van der Waals surface area contributed by atoms with Crippen molar-refractivity contribution >= 4 is 0 Å². The summed E-state index contributed by atoms with van der Waals surface area (Å²) in [5.41, 5.74) is 6.16. The van der Waals surface area contributed by atoms with Crippen LogP contribution in [-0.2, 0) is 6.42 Å². The van der Waals surface area contributed by atoms with Crippen LogP contribution in [0.1, 0.15) is 25.3 Å². The van der Waals surface area contributed by atoms with Crippen molar-refractivity contribution in [3.63, 3.8) is 0 Å². The van der Waals surface area contributed by atoms with Crippen molar-refractivity contribution in [2.45, 2.75) is 31.8 Å². The Balaban J connectivity index is 2.16.